The van der Waals surface area contributed by atoms with Gasteiger partial charge in [0.15, 0.2) is 0 Å². The van der Waals surface area contributed by atoms with E-state index in [2.05, 4.69) is 33.1 Å². The van der Waals surface area contributed by atoms with Crippen LogP contribution in [0.25, 0.3) is 0 Å². The molecular weight excluding hydrogens is 376 g/mol. The molecule has 1 N–H and O–H groups in total. The highest BCUT2D eigenvalue weighted by atomic mass is 16.5. The summed E-state index contributed by atoms with van der Waals surface area (Å²) in [7, 11) is 0. The number of nitriles is 1. The smallest absolute Gasteiger partial charge is 0.323 e. The number of fused-ring (bicyclic) bond motifs is 1. The number of imidazole rings is 1. The zero-order valence-corrected chi connectivity index (χ0v) is 16.9. The van der Waals surface area contributed by atoms with E-state index >= 15 is 0 Å². The summed E-state index contributed by atoms with van der Waals surface area (Å²) in [6, 6.07) is 17.6. The number of hydrogen-bond acceptors (Lipinski definition) is 5. The van der Waals surface area contributed by atoms with Crippen molar-refractivity contribution in [1.29, 1.82) is 5.26 Å². The fraction of sp³-hybridized carbons (Fsp3) is 0.292. The Labute approximate surface area is 176 Å². The third kappa shape index (κ3) is 4.12. The Morgan fingerprint density at radius 1 is 1.27 bits per heavy atom. The Bertz CT molecular complexity index is 1040. The molecule has 4 rings (SSSR count). The number of aromatic nitrogens is 2. The van der Waals surface area contributed by atoms with Crippen LogP contribution in [0.5, 0.6) is 0 Å². The summed E-state index contributed by atoms with van der Waals surface area (Å²) >= 11 is 0. The fourth-order valence-electron chi connectivity index (χ4n) is 4.12. The van der Waals surface area contributed by atoms with Crippen molar-refractivity contribution in [2.45, 2.75) is 38.4 Å². The second kappa shape index (κ2) is 8.93. The van der Waals surface area contributed by atoms with E-state index in [1.807, 2.05) is 49.5 Å². The summed E-state index contributed by atoms with van der Waals surface area (Å²) in [5, 5.41) is 9.08. The zero-order valence-electron chi connectivity index (χ0n) is 16.9. The lowest BCUT2D eigenvalue weighted by Gasteiger charge is -2.40. The molecule has 1 aromatic heterocycles. The molecular formula is C24H24N4O2. The zero-order chi connectivity index (χ0) is 20.9. The lowest BCUT2D eigenvalue weighted by atomic mass is 9.90. The van der Waals surface area contributed by atoms with Gasteiger partial charge in [0.25, 0.3) is 0 Å². The summed E-state index contributed by atoms with van der Waals surface area (Å²) in [5.41, 5.74) is 5.09. The van der Waals surface area contributed by atoms with E-state index in [0.29, 0.717) is 31.6 Å². The molecule has 152 valence electrons. The van der Waals surface area contributed by atoms with Crippen molar-refractivity contribution < 1.29 is 9.53 Å². The lowest BCUT2D eigenvalue weighted by Crippen LogP contribution is -2.48. The van der Waals surface area contributed by atoms with E-state index in [1.54, 1.807) is 6.33 Å². The number of esters is 1. The Kier molecular flexibility index (Phi) is 5.92. The number of rotatable bonds is 6. The lowest BCUT2D eigenvalue weighted by molar-refractivity contribution is -0.151. The van der Waals surface area contributed by atoms with Crippen molar-refractivity contribution in [2.75, 3.05) is 6.61 Å². The molecule has 6 nitrogen and oxygen atoms in total. The minimum Gasteiger partial charge on any atom is -0.465 e. The Morgan fingerprint density at radius 2 is 2.03 bits per heavy atom. The summed E-state index contributed by atoms with van der Waals surface area (Å²) in [5.74, 6) is -0.198. The molecule has 2 unspecified atom stereocenters. The predicted molar refractivity (Wildman–Crippen MR) is 112 cm³/mol. The van der Waals surface area contributed by atoms with Crippen LogP contribution in [-0.4, -0.2) is 33.5 Å². The fourth-order valence-corrected chi connectivity index (χ4v) is 4.12. The van der Waals surface area contributed by atoms with Crippen LogP contribution in [0.1, 0.15) is 40.9 Å². The molecule has 2 atom stereocenters. The molecule has 0 bridgehead atoms. The molecule has 1 aliphatic rings. The molecule has 0 saturated carbocycles. The molecule has 3 aromatic rings. The average Bonchev–Trinajstić information content (AvgIpc) is 3.32. The van der Waals surface area contributed by atoms with Gasteiger partial charge < -0.3 is 9.72 Å². The van der Waals surface area contributed by atoms with Gasteiger partial charge in [-0.3, -0.25) is 9.69 Å². The molecule has 0 fully saturated rings. The maximum atomic E-state index is 12.9. The van der Waals surface area contributed by atoms with Crippen molar-refractivity contribution in [2.24, 2.45) is 0 Å². The highest BCUT2D eigenvalue weighted by molar-refractivity contribution is 5.77. The van der Waals surface area contributed by atoms with Gasteiger partial charge >= 0.3 is 5.97 Å². The van der Waals surface area contributed by atoms with Crippen molar-refractivity contribution in [3.63, 3.8) is 0 Å². The standard InChI is InChI=1S/C24H24N4O2/c1-2-30-24(29)23-12-19-5-3-4-6-20(19)15-28(23)22(21-14-26-16-27-21)11-17-7-9-18(13-25)10-8-17/h3-10,14,16,22-23H,2,11-12,15H2,1H3,(H,26,27). The van der Waals surface area contributed by atoms with E-state index in [9.17, 15) is 4.79 Å². The Balaban J connectivity index is 1.71. The van der Waals surface area contributed by atoms with Crippen molar-refractivity contribution in [3.05, 3.63) is 89.0 Å². The molecule has 0 spiro atoms. The number of aromatic amines is 1. The summed E-state index contributed by atoms with van der Waals surface area (Å²) < 4.78 is 5.43. The normalized spacial score (nSPS) is 17.0. The average molecular weight is 400 g/mol. The highest BCUT2D eigenvalue weighted by Crippen LogP contribution is 2.33. The van der Waals surface area contributed by atoms with E-state index in [-0.39, 0.29) is 18.1 Å². The van der Waals surface area contributed by atoms with Crippen LogP contribution < -0.4 is 0 Å². The predicted octanol–water partition coefficient (Wildman–Crippen LogP) is 3.56. The maximum Gasteiger partial charge on any atom is 0.323 e. The largest absolute Gasteiger partial charge is 0.465 e. The van der Waals surface area contributed by atoms with Crippen molar-refractivity contribution >= 4 is 5.97 Å². The minimum absolute atomic E-state index is 0.0804. The van der Waals surface area contributed by atoms with Gasteiger partial charge in [-0.25, -0.2) is 4.98 Å². The number of H-pyrrole nitrogens is 1. The first-order valence-corrected chi connectivity index (χ1v) is 10.2. The number of carbonyl (C=O) groups is 1. The van der Waals surface area contributed by atoms with Gasteiger partial charge in [0.05, 0.1) is 36.3 Å². The third-order valence-electron chi connectivity index (χ3n) is 5.63. The minimum atomic E-state index is -0.369. The summed E-state index contributed by atoms with van der Waals surface area (Å²) in [6.45, 7) is 2.84. The van der Waals surface area contributed by atoms with Crippen LogP contribution in [0.15, 0.2) is 61.1 Å². The van der Waals surface area contributed by atoms with E-state index in [0.717, 1.165) is 11.3 Å². The second-order valence-corrected chi connectivity index (χ2v) is 7.45. The topological polar surface area (TPSA) is 82.0 Å². The number of hydrogen-bond donors (Lipinski definition) is 1. The molecule has 1 aliphatic heterocycles. The van der Waals surface area contributed by atoms with Gasteiger partial charge in [-0.15, -0.1) is 0 Å². The number of benzene rings is 2. The molecule has 2 aromatic carbocycles. The number of nitrogens with zero attached hydrogens (tertiary/aromatic N) is 3. The highest BCUT2D eigenvalue weighted by Gasteiger charge is 2.37. The molecule has 30 heavy (non-hydrogen) atoms. The van der Waals surface area contributed by atoms with E-state index in [4.69, 9.17) is 10.00 Å². The van der Waals surface area contributed by atoms with Crippen LogP contribution in [0.2, 0.25) is 0 Å². The summed E-state index contributed by atoms with van der Waals surface area (Å²) in [6.07, 6.45) is 4.79. The number of carbonyl (C=O) groups excluding carboxylic acids is 1. The maximum absolute atomic E-state index is 12.9. The SMILES string of the molecule is CCOC(=O)C1Cc2ccccc2CN1C(Cc1ccc(C#N)cc1)c1cnc[nH]1. The molecule has 6 heteroatoms. The van der Waals surface area contributed by atoms with Crippen molar-refractivity contribution in [1.82, 2.24) is 14.9 Å². The first-order chi connectivity index (χ1) is 14.7. The third-order valence-corrected chi connectivity index (χ3v) is 5.63. The van der Waals surface area contributed by atoms with Crippen molar-refractivity contribution in [3.8, 4) is 6.07 Å². The van der Waals surface area contributed by atoms with Gasteiger partial charge in [-0.05, 0) is 48.6 Å². The Hall–Kier alpha value is -3.43. The first-order valence-electron chi connectivity index (χ1n) is 10.2. The summed E-state index contributed by atoms with van der Waals surface area (Å²) in [4.78, 5) is 22.6. The van der Waals surface area contributed by atoms with Gasteiger partial charge in [0.1, 0.15) is 6.04 Å². The monoisotopic (exact) mass is 400 g/mol. The van der Waals surface area contributed by atoms with Gasteiger partial charge in [0.2, 0.25) is 0 Å². The van der Waals surface area contributed by atoms with Crippen LogP contribution in [-0.2, 0) is 28.9 Å². The number of ether oxygens (including phenoxy) is 1. The van der Waals surface area contributed by atoms with E-state index < -0.39 is 0 Å². The van der Waals surface area contributed by atoms with Crippen LogP contribution >= 0.6 is 0 Å². The van der Waals surface area contributed by atoms with Gasteiger partial charge in [-0.1, -0.05) is 36.4 Å². The quantitative estimate of drug-likeness (QED) is 0.640. The molecule has 0 radical (unpaired) electrons. The van der Waals surface area contributed by atoms with Gasteiger partial charge in [-0.2, -0.15) is 5.26 Å². The van der Waals surface area contributed by atoms with Crippen LogP contribution in [0.3, 0.4) is 0 Å². The Morgan fingerprint density at radius 3 is 2.70 bits per heavy atom. The van der Waals surface area contributed by atoms with E-state index in [1.165, 1.54) is 11.1 Å². The van der Waals surface area contributed by atoms with Gasteiger partial charge in [0, 0.05) is 12.7 Å². The molecule has 0 saturated heterocycles. The molecule has 0 amide bonds. The van der Waals surface area contributed by atoms with Crippen LogP contribution in [0, 0.1) is 11.3 Å². The number of nitrogens with one attached hydrogen (secondary N) is 1. The molecule has 2 heterocycles. The van der Waals surface area contributed by atoms with Crippen LogP contribution in [0.4, 0.5) is 0 Å². The molecule has 0 aliphatic carbocycles. The first kappa shape index (κ1) is 19.9. The second-order valence-electron chi connectivity index (χ2n) is 7.45.